The molecule has 11 heteroatoms. The summed E-state index contributed by atoms with van der Waals surface area (Å²) in [5, 5.41) is 22.4. The zero-order chi connectivity index (χ0) is 29.6. The number of anilines is 2. The number of amides is 1. The number of nitriles is 1. The maximum atomic E-state index is 12.7. The molecule has 0 aliphatic carbocycles. The second-order valence-electron chi connectivity index (χ2n) is 10.8. The largest absolute Gasteiger partial charge is 0.489 e. The molecular formula is C31H34F2N6O3. The first-order valence-corrected chi connectivity index (χ1v) is 14.2. The van der Waals surface area contributed by atoms with Crippen LogP contribution in [0.15, 0.2) is 54.7 Å². The molecule has 5 rings (SSSR count). The van der Waals surface area contributed by atoms with Crippen molar-refractivity contribution >= 4 is 17.5 Å². The van der Waals surface area contributed by atoms with Crippen LogP contribution in [0, 0.1) is 11.3 Å². The zero-order valence-corrected chi connectivity index (χ0v) is 23.4. The van der Waals surface area contributed by atoms with Crippen LogP contribution in [0.5, 0.6) is 5.75 Å². The Balaban J connectivity index is 1.21. The first-order chi connectivity index (χ1) is 20.3. The molecule has 0 saturated carbocycles. The molecule has 2 fully saturated rings. The molecule has 0 spiro atoms. The van der Waals surface area contributed by atoms with Gasteiger partial charge < -0.3 is 25.0 Å². The smallest absolute Gasteiger partial charge is 0.273 e. The minimum absolute atomic E-state index is 0.185. The molecule has 2 aromatic carbocycles. The molecule has 1 aromatic heterocycles. The summed E-state index contributed by atoms with van der Waals surface area (Å²) in [6, 6.07) is 17.6. The minimum atomic E-state index is -3.12. The Morgan fingerprint density at radius 2 is 1.79 bits per heavy atom. The first-order valence-electron chi connectivity index (χ1n) is 14.2. The molecule has 2 N–H and O–H groups in total. The van der Waals surface area contributed by atoms with Gasteiger partial charge in [0.05, 0.1) is 11.3 Å². The molecule has 0 unspecified atom stereocenters. The summed E-state index contributed by atoms with van der Waals surface area (Å²) in [7, 11) is 2.16. The molecule has 2 saturated heterocycles. The van der Waals surface area contributed by atoms with E-state index in [0.717, 1.165) is 37.2 Å². The number of carbonyl (C=O) groups is 1. The van der Waals surface area contributed by atoms with E-state index in [1.807, 2.05) is 18.2 Å². The predicted molar refractivity (Wildman–Crippen MR) is 154 cm³/mol. The standard InChI is InChI=1S/C31H34F2N6O3/c1-38-14-9-21(10-15-38)20-2-5-24(6-3-20)36-31-35-13-8-26(37-31)22-4-7-27(23(18-22)19-34)42-25-11-16-39(17-12-25)30(41)28(40)29(32)33/h2-8,13,18,21,25,28-29,40H,9-12,14-17H2,1H3,(H,35,36,37)/t28-/m0/s1. The Morgan fingerprint density at radius 3 is 2.45 bits per heavy atom. The van der Waals surface area contributed by atoms with Crippen molar-refractivity contribution in [2.24, 2.45) is 0 Å². The lowest BCUT2D eigenvalue weighted by Gasteiger charge is -2.33. The van der Waals surface area contributed by atoms with Crippen LogP contribution < -0.4 is 10.1 Å². The number of carbonyl (C=O) groups excluding carboxylic acids is 1. The summed E-state index contributed by atoms with van der Waals surface area (Å²) < 4.78 is 31.4. The molecule has 2 aliphatic rings. The normalized spacial score (nSPS) is 17.6. The summed E-state index contributed by atoms with van der Waals surface area (Å²) in [4.78, 5) is 24.6. The van der Waals surface area contributed by atoms with Gasteiger partial charge in [0.15, 0.2) is 6.10 Å². The van der Waals surface area contributed by atoms with Crippen LogP contribution >= 0.6 is 0 Å². The van der Waals surface area contributed by atoms with Crippen LogP contribution in [0.3, 0.4) is 0 Å². The number of piperidine rings is 2. The summed E-state index contributed by atoms with van der Waals surface area (Å²) in [6.07, 6.45) is -0.944. The number of halogens is 2. The second-order valence-corrected chi connectivity index (χ2v) is 10.8. The Hall–Kier alpha value is -4.14. The van der Waals surface area contributed by atoms with Crippen molar-refractivity contribution in [3.05, 3.63) is 65.9 Å². The highest BCUT2D eigenvalue weighted by Crippen LogP contribution is 2.30. The maximum Gasteiger partial charge on any atom is 0.273 e. The third-order valence-corrected chi connectivity index (χ3v) is 7.95. The van der Waals surface area contributed by atoms with Crippen molar-refractivity contribution < 1.29 is 23.4 Å². The molecule has 0 radical (unpaired) electrons. The topological polar surface area (TPSA) is 115 Å². The fourth-order valence-corrected chi connectivity index (χ4v) is 5.44. The van der Waals surface area contributed by atoms with Crippen LogP contribution in [-0.2, 0) is 4.79 Å². The van der Waals surface area contributed by atoms with Crippen LogP contribution in [-0.4, -0.2) is 82.6 Å². The van der Waals surface area contributed by atoms with Gasteiger partial charge in [0.25, 0.3) is 12.3 Å². The molecule has 3 heterocycles. The molecule has 1 amide bonds. The SMILES string of the molecule is CN1CCC(c2ccc(Nc3nccc(-c4ccc(OC5CCN(C(=O)[C@@H](O)C(F)F)CC5)c(C#N)c4)n3)cc2)CC1. The van der Waals surface area contributed by atoms with E-state index in [1.54, 1.807) is 24.4 Å². The van der Waals surface area contributed by atoms with Gasteiger partial charge >= 0.3 is 0 Å². The molecule has 42 heavy (non-hydrogen) atoms. The molecule has 1 atom stereocenters. The number of hydrogen-bond acceptors (Lipinski definition) is 8. The number of alkyl halides is 2. The minimum Gasteiger partial charge on any atom is -0.489 e. The van der Waals surface area contributed by atoms with Crippen LogP contribution in [0.4, 0.5) is 20.4 Å². The van der Waals surface area contributed by atoms with E-state index in [9.17, 15) is 23.9 Å². The lowest BCUT2D eigenvalue weighted by atomic mass is 9.89. The number of aliphatic hydroxyl groups is 1. The van der Waals surface area contributed by atoms with Gasteiger partial charge in [-0.15, -0.1) is 0 Å². The quantitative estimate of drug-likeness (QED) is 0.401. The van der Waals surface area contributed by atoms with E-state index in [2.05, 4.69) is 45.4 Å². The first kappa shape index (κ1) is 29.4. The van der Waals surface area contributed by atoms with Crippen molar-refractivity contribution in [2.75, 3.05) is 38.5 Å². The summed E-state index contributed by atoms with van der Waals surface area (Å²) in [6.45, 7) is 2.60. The summed E-state index contributed by atoms with van der Waals surface area (Å²) in [5.74, 6) is 0.446. The number of aliphatic hydroxyl groups excluding tert-OH is 1. The highest BCUT2D eigenvalue weighted by Gasteiger charge is 2.33. The molecule has 3 aromatic rings. The number of nitrogens with zero attached hydrogens (tertiary/aromatic N) is 5. The maximum absolute atomic E-state index is 12.7. The third-order valence-electron chi connectivity index (χ3n) is 7.95. The second kappa shape index (κ2) is 13.2. The number of benzene rings is 2. The van der Waals surface area contributed by atoms with Gasteiger partial charge in [-0.1, -0.05) is 12.1 Å². The van der Waals surface area contributed by atoms with E-state index >= 15 is 0 Å². The van der Waals surface area contributed by atoms with E-state index in [4.69, 9.17) is 4.74 Å². The van der Waals surface area contributed by atoms with E-state index in [-0.39, 0.29) is 19.2 Å². The summed E-state index contributed by atoms with van der Waals surface area (Å²) >= 11 is 0. The van der Waals surface area contributed by atoms with Gasteiger partial charge in [0.2, 0.25) is 5.95 Å². The van der Waals surface area contributed by atoms with Crippen molar-refractivity contribution in [3.63, 3.8) is 0 Å². The van der Waals surface area contributed by atoms with Crippen LogP contribution in [0.25, 0.3) is 11.3 Å². The van der Waals surface area contributed by atoms with E-state index in [0.29, 0.717) is 41.7 Å². The molecular weight excluding hydrogens is 542 g/mol. The molecule has 0 bridgehead atoms. The molecule has 220 valence electrons. The van der Waals surface area contributed by atoms with E-state index < -0.39 is 18.4 Å². The predicted octanol–water partition coefficient (Wildman–Crippen LogP) is 4.56. The summed E-state index contributed by atoms with van der Waals surface area (Å²) in [5.41, 5.74) is 3.93. The van der Waals surface area contributed by atoms with Gasteiger partial charge in [-0.2, -0.15) is 5.26 Å². The molecule has 2 aliphatic heterocycles. The Labute approximate surface area is 243 Å². The van der Waals surface area contributed by atoms with Gasteiger partial charge in [0.1, 0.15) is 17.9 Å². The molecule has 9 nitrogen and oxygen atoms in total. The van der Waals surface area contributed by atoms with Crippen molar-refractivity contribution in [1.82, 2.24) is 19.8 Å². The van der Waals surface area contributed by atoms with Crippen molar-refractivity contribution in [1.29, 1.82) is 5.26 Å². The fraction of sp³-hybridized carbons (Fsp3) is 0.419. The lowest BCUT2D eigenvalue weighted by molar-refractivity contribution is -0.150. The average molecular weight is 577 g/mol. The Kier molecular flexibility index (Phi) is 9.25. The van der Waals surface area contributed by atoms with Gasteiger partial charge in [0, 0.05) is 43.4 Å². The highest BCUT2D eigenvalue weighted by molar-refractivity contribution is 5.81. The number of hydrogen-bond donors (Lipinski definition) is 2. The van der Waals surface area contributed by atoms with E-state index in [1.165, 1.54) is 10.5 Å². The third kappa shape index (κ3) is 7.01. The van der Waals surface area contributed by atoms with Crippen molar-refractivity contribution in [2.45, 2.75) is 50.2 Å². The van der Waals surface area contributed by atoms with Gasteiger partial charge in [-0.3, -0.25) is 4.79 Å². The van der Waals surface area contributed by atoms with Crippen molar-refractivity contribution in [3.8, 4) is 23.1 Å². The number of rotatable bonds is 8. The number of nitrogens with one attached hydrogen (secondary N) is 1. The average Bonchev–Trinajstić information content (AvgIpc) is 3.02. The van der Waals surface area contributed by atoms with Crippen LogP contribution in [0.1, 0.15) is 42.7 Å². The lowest BCUT2D eigenvalue weighted by Crippen LogP contribution is -2.47. The highest BCUT2D eigenvalue weighted by atomic mass is 19.3. The number of ether oxygens (including phenoxy) is 1. The zero-order valence-electron chi connectivity index (χ0n) is 23.4. The Morgan fingerprint density at radius 1 is 1.07 bits per heavy atom. The fourth-order valence-electron chi connectivity index (χ4n) is 5.44. The monoisotopic (exact) mass is 576 g/mol. The number of likely N-dealkylation sites (tertiary alicyclic amines) is 2. The van der Waals surface area contributed by atoms with Gasteiger partial charge in [-0.05, 0) is 80.9 Å². The number of aromatic nitrogens is 2. The van der Waals surface area contributed by atoms with Gasteiger partial charge in [-0.25, -0.2) is 18.7 Å². The van der Waals surface area contributed by atoms with Crippen LogP contribution in [0.2, 0.25) is 0 Å². The Bertz CT molecular complexity index is 1410.